The Kier molecular flexibility index (Phi) is 5.53. The van der Waals surface area contributed by atoms with Gasteiger partial charge in [-0.3, -0.25) is 4.98 Å². The molecule has 3 fully saturated rings. The Morgan fingerprint density at radius 2 is 1.86 bits per heavy atom. The maximum absolute atomic E-state index is 15.1. The van der Waals surface area contributed by atoms with Crippen LogP contribution in [-0.2, 0) is 14.2 Å². The van der Waals surface area contributed by atoms with Gasteiger partial charge in [0.2, 0.25) is 0 Å². The average Bonchev–Trinajstić information content (AvgIpc) is 3.54. The van der Waals surface area contributed by atoms with Gasteiger partial charge in [0.1, 0.15) is 29.9 Å². The third kappa shape index (κ3) is 3.79. The number of aromatic nitrogens is 2. The van der Waals surface area contributed by atoms with Crippen molar-refractivity contribution in [2.24, 2.45) is 0 Å². The number of aromatic amines is 1. The zero-order valence-electron chi connectivity index (χ0n) is 18.5. The Labute approximate surface area is 199 Å². The first-order valence-electron chi connectivity index (χ1n) is 11.3. The van der Waals surface area contributed by atoms with E-state index in [2.05, 4.69) is 14.8 Å². The van der Waals surface area contributed by atoms with Gasteiger partial charge in [0, 0.05) is 18.8 Å². The van der Waals surface area contributed by atoms with Crippen molar-refractivity contribution in [3.63, 3.8) is 0 Å². The summed E-state index contributed by atoms with van der Waals surface area (Å²) >= 11 is 0. The van der Waals surface area contributed by atoms with E-state index in [-0.39, 0.29) is 41.6 Å². The van der Waals surface area contributed by atoms with E-state index in [4.69, 9.17) is 25.5 Å². The van der Waals surface area contributed by atoms with Gasteiger partial charge in [-0.25, -0.2) is 13.6 Å². The molecule has 0 unspecified atom stereocenters. The van der Waals surface area contributed by atoms with Crippen LogP contribution in [0.4, 0.5) is 20.2 Å². The molecule has 182 valence electrons. The van der Waals surface area contributed by atoms with E-state index in [1.165, 1.54) is 18.2 Å². The highest BCUT2D eigenvalue weighted by Gasteiger charge is 2.48. The fourth-order valence-corrected chi connectivity index (χ4v) is 4.86. The van der Waals surface area contributed by atoms with Gasteiger partial charge in [-0.1, -0.05) is 0 Å². The molecule has 11 heteroatoms. The van der Waals surface area contributed by atoms with Crippen molar-refractivity contribution < 1.29 is 32.8 Å². The quantitative estimate of drug-likeness (QED) is 0.550. The highest BCUT2D eigenvalue weighted by atomic mass is 19.1. The highest BCUT2D eigenvalue weighted by molar-refractivity contribution is 5.94. The molecule has 2 aromatic heterocycles. The highest BCUT2D eigenvalue weighted by Crippen LogP contribution is 2.40. The first kappa shape index (κ1) is 22.2. The van der Waals surface area contributed by atoms with Crippen molar-refractivity contribution in [3.8, 4) is 17.1 Å². The number of aliphatic hydroxyl groups is 1. The van der Waals surface area contributed by atoms with Crippen LogP contribution in [0.25, 0.3) is 27.1 Å². The third-order valence-electron chi connectivity index (χ3n) is 6.60. The number of nitrogens with one attached hydrogen (secondary N) is 1. The average molecular weight is 484 g/mol. The van der Waals surface area contributed by atoms with Crippen LogP contribution < -0.4 is 9.64 Å². The summed E-state index contributed by atoms with van der Waals surface area (Å²) in [7, 11) is 0. The molecule has 3 aliphatic heterocycles. The van der Waals surface area contributed by atoms with Crippen LogP contribution in [0.15, 0.2) is 24.3 Å². The zero-order valence-corrected chi connectivity index (χ0v) is 18.5. The molecule has 0 spiro atoms. The zero-order chi connectivity index (χ0) is 24.1. The summed E-state index contributed by atoms with van der Waals surface area (Å²) in [6.45, 7) is 10.1. The molecule has 35 heavy (non-hydrogen) atoms. The molecule has 3 saturated heterocycles. The smallest absolute Gasteiger partial charge is 0.272 e. The van der Waals surface area contributed by atoms with Crippen molar-refractivity contribution in [2.75, 3.05) is 44.4 Å². The van der Waals surface area contributed by atoms with E-state index in [9.17, 15) is 5.11 Å². The maximum atomic E-state index is 15.1. The van der Waals surface area contributed by atoms with Crippen molar-refractivity contribution in [2.45, 2.75) is 24.4 Å². The van der Waals surface area contributed by atoms with Crippen LogP contribution in [0.1, 0.15) is 0 Å². The molecule has 1 aromatic carbocycles. The van der Waals surface area contributed by atoms with Crippen molar-refractivity contribution in [3.05, 3.63) is 47.3 Å². The molecular formula is C24H22F2N4O5. The minimum atomic E-state index is -0.735. The Bertz CT molecular complexity index is 1300. The first-order valence-corrected chi connectivity index (χ1v) is 11.3. The molecule has 0 bridgehead atoms. The first-order chi connectivity index (χ1) is 17.0. The Morgan fingerprint density at radius 1 is 1.11 bits per heavy atom. The van der Waals surface area contributed by atoms with Gasteiger partial charge in [0.15, 0.2) is 12.0 Å². The Hall–Kier alpha value is -3.30. The molecule has 0 saturated carbocycles. The topological polar surface area (TPSA) is 93.4 Å². The number of morpholine rings is 1. The van der Waals surface area contributed by atoms with Gasteiger partial charge in [0.25, 0.3) is 5.69 Å². The molecule has 4 atom stereocenters. The molecule has 3 aromatic rings. The van der Waals surface area contributed by atoms with E-state index in [1.54, 1.807) is 6.07 Å². The number of H-pyrrole nitrogens is 1. The number of benzene rings is 1. The van der Waals surface area contributed by atoms with Gasteiger partial charge in [-0.2, -0.15) is 0 Å². The van der Waals surface area contributed by atoms with Gasteiger partial charge in [-0.15, -0.1) is 0 Å². The van der Waals surface area contributed by atoms with Gasteiger partial charge >= 0.3 is 0 Å². The largest absolute Gasteiger partial charge is 0.479 e. The number of rotatable bonds is 4. The van der Waals surface area contributed by atoms with Crippen LogP contribution in [-0.4, -0.2) is 79.0 Å². The summed E-state index contributed by atoms with van der Waals surface area (Å²) in [5, 5.41) is 9.93. The van der Waals surface area contributed by atoms with Crippen LogP contribution >= 0.6 is 0 Å². The number of hydrogen-bond donors (Lipinski definition) is 2. The van der Waals surface area contributed by atoms with Crippen LogP contribution in [0.3, 0.4) is 0 Å². The number of aliphatic hydroxyl groups excluding tert-OH is 1. The van der Waals surface area contributed by atoms with Crippen LogP contribution in [0.5, 0.6) is 5.88 Å². The fourth-order valence-electron chi connectivity index (χ4n) is 4.86. The summed E-state index contributed by atoms with van der Waals surface area (Å²) in [5.74, 6) is -1.30. The summed E-state index contributed by atoms with van der Waals surface area (Å²) in [5.41, 5.74) is 1.08. The van der Waals surface area contributed by atoms with E-state index in [0.29, 0.717) is 37.5 Å². The second-order valence-corrected chi connectivity index (χ2v) is 8.71. The molecule has 0 aliphatic carbocycles. The number of pyridine rings is 1. The van der Waals surface area contributed by atoms with Crippen LogP contribution in [0.2, 0.25) is 0 Å². The van der Waals surface area contributed by atoms with Crippen molar-refractivity contribution in [1.29, 1.82) is 0 Å². The standard InChI is InChI=1S/C24H22F2N4O5/c1-27-21-20-16(29-24(21)35-18-11-34-22-17(31)10-33-23(18)22)3-2-15(28-20)19-13(25)8-12(9-14(19)26)30-4-6-32-7-5-30/h2-3,8-9,17-18,22-23,29,31H,4-7,10-11H2/t17-,18-,22-,23-/m1/s1. The minimum Gasteiger partial charge on any atom is -0.479 e. The Morgan fingerprint density at radius 3 is 2.60 bits per heavy atom. The lowest BCUT2D eigenvalue weighted by Gasteiger charge is -2.29. The molecule has 9 nitrogen and oxygen atoms in total. The number of halogens is 2. The summed E-state index contributed by atoms with van der Waals surface area (Å²) in [6, 6.07) is 5.70. The third-order valence-corrected chi connectivity index (χ3v) is 6.60. The molecule has 3 aliphatic rings. The lowest BCUT2D eigenvalue weighted by Crippen LogP contribution is -2.36. The fraction of sp³-hybridized carbons (Fsp3) is 0.417. The lowest BCUT2D eigenvalue weighted by molar-refractivity contribution is 0.00810. The van der Waals surface area contributed by atoms with E-state index in [0.717, 1.165) is 0 Å². The molecule has 0 amide bonds. The van der Waals surface area contributed by atoms with Gasteiger partial charge in [-0.05, 0) is 24.3 Å². The number of ether oxygens (including phenoxy) is 4. The molecule has 0 radical (unpaired) electrons. The molecular weight excluding hydrogens is 462 g/mol. The maximum Gasteiger partial charge on any atom is 0.272 e. The normalized spacial score (nSPS) is 26.2. The van der Waals surface area contributed by atoms with Crippen LogP contribution in [0, 0.1) is 18.2 Å². The Balaban J connectivity index is 1.32. The molecule has 5 heterocycles. The minimum absolute atomic E-state index is 0.0722. The monoisotopic (exact) mass is 484 g/mol. The van der Waals surface area contributed by atoms with Gasteiger partial charge in [0.05, 0.1) is 55.3 Å². The predicted octanol–water partition coefficient (Wildman–Crippen LogP) is 2.80. The number of nitrogens with zero attached hydrogens (tertiary/aromatic N) is 3. The van der Waals surface area contributed by atoms with E-state index in [1.807, 2.05) is 4.90 Å². The summed E-state index contributed by atoms with van der Waals surface area (Å²) < 4.78 is 52.6. The van der Waals surface area contributed by atoms with Gasteiger partial charge < -0.3 is 33.9 Å². The second-order valence-electron chi connectivity index (χ2n) is 8.71. The van der Waals surface area contributed by atoms with E-state index < -0.39 is 36.1 Å². The number of fused-ring (bicyclic) bond motifs is 2. The SMILES string of the molecule is [C-]#[N+]c1c(O[C@@H]2CO[C@H]3[C@@H]2OC[C@H]3O)[nH]c2ccc(-c3c(F)cc(N4CCOCC4)cc3F)nc12. The molecule has 6 rings (SSSR count). The summed E-state index contributed by atoms with van der Waals surface area (Å²) in [6.07, 6.45) is -2.17. The van der Waals surface area contributed by atoms with E-state index >= 15 is 8.78 Å². The second kappa shape index (κ2) is 8.73. The molecule has 2 N–H and O–H groups in total. The lowest BCUT2D eigenvalue weighted by atomic mass is 10.1. The number of anilines is 1. The summed E-state index contributed by atoms with van der Waals surface area (Å²) in [4.78, 5) is 12.8. The van der Waals surface area contributed by atoms with Crippen molar-refractivity contribution >= 4 is 22.4 Å². The van der Waals surface area contributed by atoms with Crippen molar-refractivity contribution in [1.82, 2.24) is 9.97 Å². The number of hydrogen-bond acceptors (Lipinski definition) is 7. The predicted molar refractivity (Wildman–Crippen MR) is 121 cm³/mol.